The average molecular weight is 430 g/mol. The highest BCUT2D eigenvalue weighted by Gasteiger charge is 2.74. The topological polar surface area (TPSA) is 62.3 Å². The molecule has 0 saturated carbocycles. The van der Waals surface area contributed by atoms with Gasteiger partial charge in [0.15, 0.2) is 0 Å². The van der Waals surface area contributed by atoms with Gasteiger partial charge in [0.05, 0.1) is 0 Å². The second kappa shape index (κ2) is 5.05. The average Bonchev–Trinajstić information content (AvgIpc) is 3.35. The number of nitriles is 1. The van der Waals surface area contributed by atoms with Gasteiger partial charge < -0.3 is 0 Å². The fraction of sp³-hybridized carbons (Fsp3) is 0.174. The van der Waals surface area contributed by atoms with Crippen LogP contribution in [0.4, 0.5) is 13.2 Å². The molecular formula is C23H13F3N6+2. The molecule has 0 amide bonds. The van der Waals surface area contributed by atoms with Crippen molar-refractivity contribution < 1.29 is 22.3 Å². The van der Waals surface area contributed by atoms with Crippen LogP contribution in [-0.4, -0.2) is 14.5 Å². The number of pyridine rings is 3. The molecular weight excluding hydrogens is 417 g/mol. The Balaban J connectivity index is 1.83. The lowest BCUT2D eigenvalue weighted by Crippen LogP contribution is -2.79. The Labute approximate surface area is 179 Å². The number of rotatable bonds is 0. The van der Waals surface area contributed by atoms with Crippen LogP contribution in [0.25, 0.3) is 17.1 Å². The molecule has 9 heteroatoms. The molecule has 0 bridgehead atoms. The summed E-state index contributed by atoms with van der Waals surface area (Å²) in [5.74, 6) is -2.16. The van der Waals surface area contributed by atoms with Crippen molar-refractivity contribution in [1.82, 2.24) is 14.5 Å². The quantitative estimate of drug-likeness (QED) is 0.275. The van der Waals surface area contributed by atoms with E-state index in [-0.39, 0.29) is 22.6 Å². The van der Waals surface area contributed by atoms with Crippen molar-refractivity contribution in [2.75, 3.05) is 0 Å². The predicted octanol–water partition coefficient (Wildman–Crippen LogP) is 2.36. The number of imidazole rings is 1. The summed E-state index contributed by atoms with van der Waals surface area (Å²) in [6, 6.07) is 13.9. The summed E-state index contributed by atoms with van der Waals surface area (Å²) in [7, 11) is 0. The van der Waals surface area contributed by atoms with Gasteiger partial charge in [-0.1, -0.05) is 6.07 Å². The molecule has 0 saturated heterocycles. The van der Waals surface area contributed by atoms with Gasteiger partial charge in [0.2, 0.25) is 29.0 Å². The van der Waals surface area contributed by atoms with Gasteiger partial charge in [-0.2, -0.15) is 33.0 Å². The second-order valence-corrected chi connectivity index (χ2v) is 8.71. The van der Waals surface area contributed by atoms with E-state index < -0.39 is 28.9 Å². The summed E-state index contributed by atoms with van der Waals surface area (Å²) < 4.78 is 50.1. The molecule has 7 heterocycles. The fourth-order valence-corrected chi connectivity index (χ4v) is 5.75. The number of halogens is 3. The third-order valence-electron chi connectivity index (χ3n) is 6.93. The highest BCUT2D eigenvalue weighted by molar-refractivity contribution is 5.67. The van der Waals surface area contributed by atoms with Crippen LogP contribution < -0.4 is 9.13 Å². The van der Waals surface area contributed by atoms with Gasteiger partial charge in [-0.3, -0.25) is 0 Å². The number of aromatic nitrogens is 5. The SMILES string of the molecule is CC1(C)c2cccc3[n+]2[C@]2(c4cc(F)nc(F)c4-3)c3nc(C#N)c(F)n3-c3cccc1[n+]32. The maximum atomic E-state index is 15.4. The van der Waals surface area contributed by atoms with Crippen molar-refractivity contribution in [2.24, 2.45) is 0 Å². The standard InChI is InChI=1S/C23H13F3N6/c1-22(2)14-6-3-5-13-18-11(9-16(24)29-19(18)25)23(31(13)14)21-28-12(10-27)20(26)30(21)17-8-4-7-15(22)32(17)23/h3-9H,1-2H3/q+2/t23-/m0/s1. The molecule has 1 atom stereocenters. The zero-order valence-electron chi connectivity index (χ0n) is 16.9. The van der Waals surface area contributed by atoms with Gasteiger partial charge in [0, 0.05) is 24.3 Å². The molecule has 1 spiro atoms. The zero-order valence-corrected chi connectivity index (χ0v) is 16.9. The monoisotopic (exact) mass is 430 g/mol. The number of hydrogen-bond acceptors (Lipinski definition) is 3. The first kappa shape index (κ1) is 17.6. The normalized spacial score (nSPS) is 19.8. The van der Waals surface area contributed by atoms with Gasteiger partial charge in [-0.05, 0) is 26.0 Å². The van der Waals surface area contributed by atoms with Crippen LogP contribution in [0.15, 0.2) is 42.5 Å². The largest absolute Gasteiger partial charge is 0.419 e. The van der Waals surface area contributed by atoms with E-state index in [1.807, 2.05) is 41.2 Å². The van der Waals surface area contributed by atoms with Gasteiger partial charge in [-0.15, -0.1) is 9.13 Å². The van der Waals surface area contributed by atoms with Crippen LogP contribution in [0.3, 0.4) is 0 Å². The molecule has 3 aliphatic heterocycles. The zero-order chi connectivity index (χ0) is 22.2. The summed E-state index contributed by atoms with van der Waals surface area (Å²) >= 11 is 0. The lowest BCUT2D eigenvalue weighted by Gasteiger charge is -2.33. The minimum atomic E-state index is -1.40. The Morgan fingerprint density at radius 3 is 2.47 bits per heavy atom. The number of hydrogen-bond donors (Lipinski definition) is 0. The van der Waals surface area contributed by atoms with Crippen LogP contribution in [0.1, 0.15) is 42.3 Å². The summed E-state index contributed by atoms with van der Waals surface area (Å²) in [5, 5.41) is 9.47. The number of nitrogens with zero attached hydrogens (tertiary/aromatic N) is 6. The fourth-order valence-electron chi connectivity index (χ4n) is 5.75. The first-order valence-electron chi connectivity index (χ1n) is 10.0. The molecule has 0 fully saturated rings. The Morgan fingerprint density at radius 1 is 1.00 bits per heavy atom. The molecule has 0 unspecified atom stereocenters. The highest BCUT2D eigenvalue weighted by Crippen LogP contribution is 2.49. The maximum absolute atomic E-state index is 15.4. The molecule has 0 aliphatic carbocycles. The molecule has 4 aromatic rings. The lowest BCUT2D eigenvalue weighted by molar-refractivity contribution is -0.973. The molecule has 4 aromatic heterocycles. The summed E-state index contributed by atoms with van der Waals surface area (Å²) in [5.41, 5.74) is 0.186. The molecule has 3 aliphatic rings. The molecule has 7 rings (SSSR count). The smallest absolute Gasteiger partial charge is 0.190 e. The molecule has 154 valence electrons. The number of fused-ring (bicyclic) bond motifs is 4. The van der Waals surface area contributed by atoms with Crippen molar-refractivity contribution in [3.63, 3.8) is 0 Å². The Morgan fingerprint density at radius 2 is 1.72 bits per heavy atom. The summed E-state index contributed by atoms with van der Waals surface area (Å²) in [6.07, 6.45) is 0. The van der Waals surface area contributed by atoms with E-state index in [0.29, 0.717) is 11.5 Å². The lowest BCUT2D eigenvalue weighted by atomic mass is 9.80. The van der Waals surface area contributed by atoms with Crippen molar-refractivity contribution in [2.45, 2.75) is 24.9 Å². The minimum Gasteiger partial charge on any atom is -0.190 e. The molecule has 0 N–H and O–H groups in total. The highest BCUT2D eigenvalue weighted by atomic mass is 19.1. The third-order valence-corrected chi connectivity index (χ3v) is 6.93. The Kier molecular flexibility index (Phi) is 2.78. The van der Waals surface area contributed by atoms with Gasteiger partial charge in [0.1, 0.15) is 28.3 Å². The third kappa shape index (κ3) is 1.55. The van der Waals surface area contributed by atoms with E-state index in [0.717, 1.165) is 11.4 Å². The predicted molar refractivity (Wildman–Crippen MR) is 102 cm³/mol. The van der Waals surface area contributed by atoms with Crippen molar-refractivity contribution >= 4 is 0 Å². The molecule has 6 nitrogen and oxygen atoms in total. The van der Waals surface area contributed by atoms with E-state index in [4.69, 9.17) is 0 Å². The van der Waals surface area contributed by atoms with Crippen LogP contribution in [0.5, 0.6) is 0 Å². The van der Waals surface area contributed by atoms with E-state index in [1.54, 1.807) is 24.3 Å². The maximum Gasteiger partial charge on any atom is 0.419 e. The Hall–Kier alpha value is -4.06. The van der Waals surface area contributed by atoms with E-state index in [9.17, 15) is 9.65 Å². The van der Waals surface area contributed by atoms with Gasteiger partial charge >= 0.3 is 17.4 Å². The van der Waals surface area contributed by atoms with Crippen LogP contribution >= 0.6 is 0 Å². The minimum absolute atomic E-state index is 0.134. The van der Waals surface area contributed by atoms with E-state index in [1.165, 1.54) is 10.6 Å². The first-order chi connectivity index (χ1) is 15.3. The second-order valence-electron chi connectivity index (χ2n) is 8.71. The summed E-state index contributed by atoms with van der Waals surface area (Å²) in [6.45, 7) is 4.05. The molecule has 0 radical (unpaired) electrons. The van der Waals surface area contributed by atoms with E-state index >= 15 is 8.78 Å². The first-order valence-corrected chi connectivity index (χ1v) is 10.0. The van der Waals surface area contributed by atoms with Crippen molar-refractivity contribution in [1.29, 1.82) is 5.26 Å². The van der Waals surface area contributed by atoms with E-state index in [2.05, 4.69) is 9.97 Å². The van der Waals surface area contributed by atoms with Crippen molar-refractivity contribution in [3.05, 3.63) is 88.8 Å². The van der Waals surface area contributed by atoms with Gasteiger partial charge in [-0.25, -0.2) is 0 Å². The van der Waals surface area contributed by atoms with Crippen LogP contribution in [-0.2, 0) is 11.1 Å². The summed E-state index contributed by atoms with van der Waals surface area (Å²) in [4.78, 5) is 7.77. The van der Waals surface area contributed by atoms with Crippen LogP contribution in [0, 0.1) is 29.2 Å². The molecule has 0 aromatic carbocycles. The van der Waals surface area contributed by atoms with Gasteiger partial charge in [0.25, 0.3) is 5.82 Å². The van der Waals surface area contributed by atoms with Crippen LogP contribution in [0.2, 0.25) is 0 Å². The Bertz CT molecular complexity index is 1610. The molecule has 32 heavy (non-hydrogen) atoms. The van der Waals surface area contributed by atoms with Crippen molar-refractivity contribution in [3.8, 4) is 23.1 Å².